The van der Waals surface area contributed by atoms with Crippen LogP contribution in [0.25, 0.3) is 22.6 Å². The number of anilines is 2. The standard InChI is InChI=1S/C22H25ClN6O3/c1-21(2,3)32-20(31)26-11-22(6-7-22)19(30)27-13-9-16-18(25-10-13)29-17(28-16)14-8-12(24)4-5-15(14)23/h4-5,8-10H,6-7,11,24H2,1-3H3,(H,26,31)(H,27,30)(H,25,28,29). The molecule has 1 aliphatic rings. The molecular weight excluding hydrogens is 432 g/mol. The number of fused-ring (bicyclic) bond motifs is 1. The van der Waals surface area contributed by atoms with Crippen LogP contribution in [0.5, 0.6) is 0 Å². The van der Waals surface area contributed by atoms with Crippen molar-refractivity contribution in [1.29, 1.82) is 0 Å². The maximum atomic E-state index is 12.9. The molecule has 1 aliphatic carbocycles. The lowest BCUT2D eigenvalue weighted by atomic mass is 10.1. The zero-order valence-corrected chi connectivity index (χ0v) is 18.8. The molecule has 0 unspecified atom stereocenters. The predicted octanol–water partition coefficient (Wildman–Crippen LogP) is 4.10. The number of nitrogens with zero attached hydrogens (tertiary/aromatic N) is 2. The molecule has 1 fully saturated rings. The van der Waals surface area contributed by atoms with Crippen LogP contribution in [0.1, 0.15) is 33.6 Å². The Morgan fingerprint density at radius 1 is 1.28 bits per heavy atom. The lowest BCUT2D eigenvalue weighted by molar-refractivity contribution is -0.120. The minimum Gasteiger partial charge on any atom is -0.444 e. The summed E-state index contributed by atoms with van der Waals surface area (Å²) in [5.74, 6) is 0.363. The molecule has 1 saturated carbocycles. The number of aromatic nitrogens is 3. The summed E-state index contributed by atoms with van der Waals surface area (Å²) < 4.78 is 5.24. The average molecular weight is 457 g/mol. The first-order chi connectivity index (χ1) is 15.0. The van der Waals surface area contributed by atoms with E-state index in [2.05, 4.69) is 25.6 Å². The van der Waals surface area contributed by atoms with E-state index in [1.807, 2.05) is 0 Å². The number of nitrogens with one attached hydrogen (secondary N) is 3. The summed E-state index contributed by atoms with van der Waals surface area (Å²) in [6.07, 6.45) is 2.38. The highest BCUT2D eigenvalue weighted by molar-refractivity contribution is 6.33. The molecule has 0 atom stereocenters. The number of aromatic amines is 1. The number of imidazole rings is 1. The van der Waals surface area contributed by atoms with Crippen LogP contribution in [0.2, 0.25) is 5.02 Å². The van der Waals surface area contributed by atoms with E-state index in [0.29, 0.717) is 51.8 Å². The van der Waals surface area contributed by atoms with Crippen molar-refractivity contribution < 1.29 is 14.3 Å². The van der Waals surface area contributed by atoms with E-state index in [1.165, 1.54) is 0 Å². The van der Waals surface area contributed by atoms with Gasteiger partial charge in [0.15, 0.2) is 5.65 Å². The van der Waals surface area contributed by atoms with Gasteiger partial charge in [0, 0.05) is 17.8 Å². The molecule has 0 aliphatic heterocycles. The van der Waals surface area contributed by atoms with Gasteiger partial charge in [-0.05, 0) is 57.9 Å². The molecule has 3 aromatic rings. The number of alkyl carbamates (subject to hydrolysis) is 1. The minimum absolute atomic E-state index is 0.173. The second-order valence-electron chi connectivity index (χ2n) is 9.01. The van der Waals surface area contributed by atoms with Gasteiger partial charge in [0.25, 0.3) is 0 Å². The number of pyridine rings is 1. The molecule has 2 heterocycles. The van der Waals surface area contributed by atoms with Crippen molar-refractivity contribution in [3.05, 3.63) is 35.5 Å². The first kappa shape index (κ1) is 21.9. The third kappa shape index (κ3) is 4.77. The van der Waals surface area contributed by atoms with Crippen LogP contribution >= 0.6 is 11.6 Å². The number of nitrogens with two attached hydrogens (primary N) is 1. The molecule has 2 aromatic heterocycles. The van der Waals surface area contributed by atoms with Crippen molar-refractivity contribution in [3.63, 3.8) is 0 Å². The first-order valence-electron chi connectivity index (χ1n) is 10.2. The van der Waals surface area contributed by atoms with Gasteiger partial charge in [0.1, 0.15) is 11.4 Å². The number of ether oxygens (including phenoxy) is 1. The highest BCUT2D eigenvalue weighted by atomic mass is 35.5. The van der Waals surface area contributed by atoms with Crippen LogP contribution in [-0.4, -0.2) is 39.1 Å². The lowest BCUT2D eigenvalue weighted by Crippen LogP contribution is -2.39. The fraction of sp³-hybridized carbons (Fsp3) is 0.364. The van der Waals surface area contributed by atoms with E-state index < -0.39 is 17.1 Å². The molecule has 32 heavy (non-hydrogen) atoms. The van der Waals surface area contributed by atoms with E-state index in [0.717, 1.165) is 0 Å². The number of amides is 2. The molecule has 5 N–H and O–H groups in total. The zero-order chi connectivity index (χ0) is 23.1. The summed E-state index contributed by atoms with van der Waals surface area (Å²) in [6, 6.07) is 6.91. The van der Waals surface area contributed by atoms with Crippen LogP contribution in [0.4, 0.5) is 16.2 Å². The summed E-state index contributed by atoms with van der Waals surface area (Å²) in [5, 5.41) is 6.10. The molecule has 168 valence electrons. The Morgan fingerprint density at radius 3 is 2.72 bits per heavy atom. The smallest absolute Gasteiger partial charge is 0.407 e. The predicted molar refractivity (Wildman–Crippen MR) is 123 cm³/mol. The Labute approximate surface area is 190 Å². The Bertz CT molecular complexity index is 1200. The van der Waals surface area contributed by atoms with E-state index in [-0.39, 0.29) is 12.5 Å². The summed E-state index contributed by atoms with van der Waals surface area (Å²) >= 11 is 6.27. The number of hydrogen-bond acceptors (Lipinski definition) is 6. The van der Waals surface area contributed by atoms with Crippen molar-refractivity contribution in [2.24, 2.45) is 5.41 Å². The van der Waals surface area contributed by atoms with Gasteiger partial charge in [-0.2, -0.15) is 0 Å². The fourth-order valence-electron chi connectivity index (χ4n) is 3.27. The van der Waals surface area contributed by atoms with Gasteiger partial charge in [0.2, 0.25) is 5.91 Å². The van der Waals surface area contributed by atoms with Gasteiger partial charge in [0.05, 0.1) is 27.8 Å². The maximum Gasteiger partial charge on any atom is 0.407 e. The Morgan fingerprint density at radius 2 is 2.03 bits per heavy atom. The molecule has 0 saturated heterocycles. The van der Waals surface area contributed by atoms with Crippen molar-refractivity contribution in [2.75, 3.05) is 17.6 Å². The molecule has 2 amide bonds. The van der Waals surface area contributed by atoms with Crippen LogP contribution in [0.15, 0.2) is 30.5 Å². The number of H-pyrrole nitrogens is 1. The Kier molecular flexibility index (Phi) is 5.46. The summed E-state index contributed by atoms with van der Waals surface area (Å²) in [6.45, 7) is 5.58. The third-order valence-electron chi connectivity index (χ3n) is 5.15. The van der Waals surface area contributed by atoms with Crippen LogP contribution in [0.3, 0.4) is 0 Å². The number of nitrogen functional groups attached to an aromatic ring is 1. The van der Waals surface area contributed by atoms with Gasteiger partial charge >= 0.3 is 6.09 Å². The SMILES string of the molecule is CC(C)(C)OC(=O)NCC1(C(=O)Nc2cnc3nc(-c4cc(N)ccc4Cl)[nH]c3c2)CC1. The largest absolute Gasteiger partial charge is 0.444 e. The van der Waals surface area contributed by atoms with Crippen molar-refractivity contribution in [1.82, 2.24) is 20.3 Å². The molecule has 10 heteroatoms. The van der Waals surface area contributed by atoms with Crippen molar-refractivity contribution in [3.8, 4) is 11.4 Å². The zero-order valence-electron chi connectivity index (χ0n) is 18.1. The van der Waals surface area contributed by atoms with Gasteiger partial charge in [-0.3, -0.25) is 4.79 Å². The van der Waals surface area contributed by atoms with Crippen LogP contribution in [0, 0.1) is 5.41 Å². The Hall–Kier alpha value is -3.33. The number of benzene rings is 1. The first-order valence-corrected chi connectivity index (χ1v) is 10.6. The average Bonchev–Trinajstić information content (AvgIpc) is 3.39. The number of hydrogen-bond donors (Lipinski definition) is 4. The number of carbonyl (C=O) groups excluding carboxylic acids is 2. The fourth-order valence-corrected chi connectivity index (χ4v) is 3.48. The van der Waals surface area contributed by atoms with E-state index >= 15 is 0 Å². The lowest BCUT2D eigenvalue weighted by Gasteiger charge is -2.21. The number of rotatable bonds is 5. The summed E-state index contributed by atoms with van der Waals surface area (Å²) in [7, 11) is 0. The molecule has 4 rings (SSSR count). The number of halogens is 1. The van der Waals surface area contributed by atoms with E-state index in [9.17, 15) is 9.59 Å². The third-order valence-corrected chi connectivity index (χ3v) is 5.48. The van der Waals surface area contributed by atoms with Gasteiger partial charge in [-0.25, -0.2) is 14.8 Å². The van der Waals surface area contributed by atoms with Crippen molar-refractivity contribution >= 4 is 46.1 Å². The Balaban J connectivity index is 1.46. The molecule has 0 radical (unpaired) electrons. The second kappa shape index (κ2) is 7.98. The second-order valence-corrected chi connectivity index (χ2v) is 9.42. The monoisotopic (exact) mass is 456 g/mol. The normalized spacial score (nSPS) is 14.8. The van der Waals surface area contributed by atoms with E-state index in [4.69, 9.17) is 22.1 Å². The quantitative estimate of drug-likeness (QED) is 0.427. The van der Waals surface area contributed by atoms with Gasteiger partial charge in [-0.15, -0.1) is 0 Å². The van der Waals surface area contributed by atoms with Crippen molar-refractivity contribution in [2.45, 2.75) is 39.2 Å². The van der Waals surface area contributed by atoms with E-state index in [1.54, 1.807) is 51.2 Å². The molecule has 1 aromatic carbocycles. The molecular formula is C22H25ClN6O3. The molecule has 0 spiro atoms. The highest BCUT2D eigenvalue weighted by Gasteiger charge is 2.50. The van der Waals surface area contributed by atoms with Crippen LogP contribution < -0.4 is 16.4 Å². The summed E-state index contributed by atoms with van der Waals surface area (Å²) in [5.41, 5.74) is 7.53. The maximum absolute atomic E-state index is 12.9. The number of carbonyl (C=O) groups is 2. The molecule has 9 nitrogen and oxygen atoms in total. The molecule has 0 bridgehead atoms. The minimum atomic E-state index is -0.639. The summed E-state index contributed by atoms with van der Waals surface area (Å²) in [4.78, 5) is 36.7. The van der Waals surface area contributed by atoms with Gasteiger partial charge < -0.3 is 26.1 Å². The topological polar surface area (TPSA) is 135 Å². The highest BCUT2D eigenvalue weighted by Crippen LogP contribution is 2.46. The van der Waals surface area contributed by atoms with Crippen LogP contribution in [-0.2, 0) is 9.53 Å². The van der Waals surface area contributed by atoms with Gasteiger partial charge in [-0.1, -0.05) is 11.6 Å².